The maximum atomic E-state index is 6.25. The van der Waals surface area contributed by atoms with E-state index in [-0.39, 0.29) is 0 Å². The second-order valence-electron chi connectivity index (χ2n) is 7.30. The number of ether oxygens (including phenoxy) is 1. The van der Waals surface area contributed by atoms with E-state index in [0.29, 0.717) is 11.6 Å². The van der Waals surface area contributed by atoms with E-state index in [2.05, 4.69) is 46.8 Å². The number of rotatable bonds is 7. The van der Waals surface area contributed by atoms with Crippen LogP contribution in [-0.4, -0.2) is 21.4 Å². The summed E-state index contributed by atoms with van der Waals surface area (Å²) in [6.07, 6.45) is 0. The van der Waals surface area contributed by atoms with Crippen LogP contribution in [0.4, 0.5) is 0 Å². The number of halogens is 1. The second kappa shape index (κ2) is 9.58. The van der Waals surface area contributed by atoms with Gasteiger partial charge in [0.05, 0.1) is 6.61 Å². The van der Waals surface area contributed by atoms with Gasteiger partial charge in [0.25, 0.3) is 0 Å². The van der Waals surface area contributed by atoms with Crippen LogP contribution in [0.15, 0.2) is 71.9 Å². The van der Waals surface area contributed by atoms with Gasteiger partial charge in [-0.2, -0.15) is 0 Å². The van der Waals surface area contributed by atoms with Crippen LogP contribution in [0.25, 0.3) is 17.1 Å². The molecule has 0 radical (unpaired) electrons. The molecule has 0 fully saturated rings. The molecule has 0 unspecified atom stereocenters. The van der Waals surface area contributed by atoms with Gasteiger partial charge in [-0.25, -0.2) is 0 Å². The van der Waals surface area contributed by atoms with Crippen molar-refractivity contribution in [2.24, 2.45) is 0 Å². The molecule has 4 aromatic rings. The summed E-state index contributed by atoms with van der Waals surface area (Å²) in [4.78, 5) is 0. The predicted molar refractivity (Wildman–Crippen MR) is 128 cm³/mol. The lowest BCUT2D eigenvalue weighted by Gasteiger charge is -2.12. The van der Waals surface area contributed by atoms with E-state index in [4.69, 9.17) is 16.3 Å². The van der Waals surface area contributed by atoms with Gasteiger partial charge in [0, 0.05) is 22.0 Å². The van der Waals surface area contributed by atoms with Crippen molar-refractivity contribution in [3.05, 3.63) is 88.4 Å². The molecule has 31 heavy (non-hydrogen) atoms. The summed E-state index contributed by atoms with van der Waals surface area (Å²) in [6.45, 7) is 6.88. The molecule has 0 bridgehead atoms. The molecule has 0 aliphatic heterocycles. The average molecular weight is 450 g/mol. The van der Waals surface area contributed by atoms with E-state index in [9.17, 15) is 0 Å². The minimum absolute atomic E-state index is 0.636. The Morgan fingerprint density at radius 2 is 1.77 bits per heavy atom. The van der Waals surface area contributed by atoms with Crippen molar-refractivity contribution in [1.82, 2.24) is 14.8 Å². The molecule has 0 spiro atoms. The summed E-state index contributed by atoms with van der Waals surface area (Å²) in [5.41, 5.74) is 5.74. The topological polar surface area (TPSA) is 39.9 Å². The first-order valence-electron chi connectivity index (χ1n) is 10.2. The van der Waals surface area contributed by atoms with Gasteiger partial charge in [0.2, 0.25) is 0 Å². The first-order valence-corrected chi connectivity index (χ1v) is 11.5. The molecule has 0 saturated carbocycles. The number of nitrogens with zero attached hydrogens (tertiary/aromatic N) is 3. The average Bonchev–Trinajstić information content (AvgIpc) is 3.19. The molecule has 1 heterocycles. The molecule has 4 rings (SSSR count). The number of benzene rings is 3. The largest absolute Gasteiger partial charge is 0.494 e. The van der Waals surface area contributed by atoms with Crippen LogP contribution >= 0.6 is 23.4 Å². The second-order valence-corrected chi connectivity index (χ2v) is 8.68. The van der Waals surface area contributed by atoms with Gasteiger partial charge < -0.3 is 4.74 Å². The lowest BCUT2D eigenvalue weighted by atomic mass is 10.1. The van der Waals surface area contributed by atoms with Gasteiger partial charge in [0.1, 0.15) is 5.75 Å². The molecule has 1 aromatic heterocycles. The lowest BCUT2D eigenvalue weighted by molar-refractivity contribution is 0.340. The zero-order valence-electron chi connectivity index (χ0n) is 17.8. The molecule has 0 aliphatic carbocycles. The number of hydrogen-bond acceptors (Lipinski definition) is 4. The predicted octanol–water partition coefficient (Wildman–Crippen LogP) is 6.90. The van der Waals surface area contributed by atoms with Crippen LogP contribution in [0.1, 0.15) is 23.6 Å². The Morgan fingerprint density at radius 3 is 2.52 bits per heavy atom. The van der Waals surface area contributed by atoms with Gasteiger partial charge in [0.15, 0.2) is 11.0 Å². The standard InChI is InChI=1S/C25H24ClN3OS/c1-4-30-23-12-10-22(11-13-23)29-24(19-6-5-7-21(26)15-19)27-28-25(29)31-16-20-14-17(2)8-9-18(20)3/h5-15H,4,16H2,1-3H3. The Balaban J connectivity index is 1.73. The normalized spacial score (nSPS) is 11.0. The van der Waals surface area contributed by atoms with E-state index >= 15 is 0 Å². The zero-order chi connectivity index (χ0) is 21.8. The van der Waals surface area contributed by atoms with Gasteiger partial charge in [-0.1, -0.05) is 59.3 Å². The third-order valence-electron chi connectivity index (χ3n) is 4.98. The SMILES string of the molecule is CCOc1ccc(-n2c(SCc3cc(C)ccc3C)nnc2-c2cccc(Cl)c2)cc1. The third-order valence-corrected chi connectivity index (χ3v) is 6.20. The maximum Gasteiger partial charge on any atom is 0.196 e. The molecule has 6 heteroatoms. The van der Waals surface area contributed by atoms with Crippen molar-refractivity contribution >= 4 is 23.4 Å². The molecule has 0 saturated heterocycles. The van der Waals surface area contributed by atoms with Crippen LogP contribution < -0.4 is 4.74 Å². The third kappa shape index (κ3) is 4.94. The molecular formula is C25H24ClN3OS. The minimum atomic E-state index is 0.636. The number of thioether (sulfide) groups is 1. The highest BCUT2D eigenvalue weighted by molar-refractivity contribution is 7.98. The summed E-state index contributed by atoms with van der Waals surface area (Å²) >= 11 is 7.93. The van der Waals surface area contributed by atoms with Crippen molar-refractivity contribution in [3.8, 4) is 22.8 Å². The minimum Gasteiger partial charge on any atom is -0.494 e. The molecular weight excluding hydrogens is 426 g/mol. The fraction of sp³-hybridized carbons (Fsp3) is 0.200. The van der Waals surface area contributed by atoms with Gasteiger partial charge in [-0.3, -0.25) is 4.57 Å². The Hall–Kier alpha value is -2.76. The Bertz CT molecular complexity index is 1190. The first-order chi connectivity index (χ1) is 15.0. The van der Waals surface area contributed by atoms with E-state index in [0.717, 1.165) is 33.7 Å². The summed E-state index contributed by atoms with van der Waals surface area (Å²) in [5, 5.41) is 10.5. The summed E-state index contributed by atoms with van der Waals surface area (Å²) in [6, 6.07) is 22.3. The van der Waals surface area contributed by atoms with Crippen LogP contribution in [0.2, 0.25) is 5.02 Å². The molecule has 0 aliphatic rings. The first kappa shape index (κ1) is 21.5. The van der Waals surface area contributed by atoms with Crippen LogP contribution in [-0.2, 0) is 5.75 Å². The van der Waals surface area contributed by atoms with Crippen LogP contribution in [0.5, 0.6) is 5.75 Å². The highest BCUT2D eigenvalue weighted by Crippen LogP contribution is 2.32. The molecule has 158 valence electrons. The molecule has 4 nitrogen and oxygen atoms in total. The molecule has 0 amide bonds. The maximum absolute atomic E-state index is 6.25. The fourth-order valence-corrected chi connectivity index (χ4v) is 4.57. The number of hydrogen-bond donors (Lipinski definition) is 0. The summed E-state index contributed by atoms with van der Waals surface area (Å²) in [5.74, 6) is 2.42. The summed E-state index contributed by atoms with van der Waals surface area (Å²) < 4.78 is 7.69. The van der Waals surface area contributed by atoms with Gasteiger partial charge in [-0.15, -0.1) is 10.2 Å². The van der Waals surface area contributed by atoms with Crippen LogP contribution in [0.3, 0.4) is 0 Å². The van der Waals surface area contributed by atoms with Gasteiger partial charge in [-0.05, 0) is 68.3 Å². The van der Waals surface area contributed by atoms with E-state index in [1.165, 1.54) is 16.7 Å². The van der Waals surface area contributed by atoms with Crippen molar-refractivity contribution in [2.75, 3.05) is 6.61 Å². The van der Waals surface area contributed by atoms with Crippen LogP contribution in [0, 0.1) is 13.8 Å². The lowest BCUT2D eigenvalue weighted by Crippen LogP contribution is -2.00. The Kier molecular flexibility index (Phi) is 6.64. The van der Waals surface area contributed by atoms with Gasteiger partial charge >= 0.3 is 0 Å². The molecule has 0 atom stereocenters. The van der Waals surface area contributed by atoms with Crippen molar-refractivity contribution in [3.63, 3.8) is 0 Å². The van der Waals surface area contributed by atoms with Crippen molar-refractivity contribution in [1.29, 1.82) is 0 Å². The van der Waals surface area contributed by atoms with E-state index in [1.807, 2.05) is 55.5 Å². The highest BCUT2D eigenvalue weighted by atomic mass is 35.5. The molecule has 3 aromatic carbocycles. The Labute approximate surface area is 192 Å². The number of aryl methyl sites for hydroxylation is 2. The number of aromatic nitrogens is 3. The smallest absolute Gasteiger partial charge is 0.196 e. The highest BCUT2D eigenvalue weighted by Gasteiger charge is 2.17. The van der Waals surface area contributed by atoms with Crippen molar-refractivity contribution < 1.29 is 4.74 Å². The summed E-state index contributed by atoms with van der Waals surface area (Å²) in [7, 11) is 0. The molecule has 0 N–H and O–H groups in total. The monoisotopic (exact) mass is 449 g/mol. The zero-order valence-corrected chi connectivity index (χ0v) is 19.4. The Morgan fingerprint density at radius 1 is 0.968 bits per heavy atom. The van der Waals surface area contributed by atoms with E-state index < -0.39 is 0 Å². The van der Waals surface area contributed by atoms with E-state index in [1.54, 1.807) is 11.8 Å². The fourth-order valence-electron chi connectivity index (χ4n) is 3.37. The van der Waals surface area contributed by atoms with Crippen molar-refractivity contribution in [2.45, 2.75) is 31.7 Å². The quantitative estimate of drug-likeness (QED) is 0.288.